The van der Waals surface area contributed by atoms with Crippen LogP contribution in [0.25, 0.3) is 0 Å². The molecule has 2 aliphatic carbocycles. The van der Waals surface area contributed by atoms with Crippen LogP contribution in [0.3, 0.4) is 0 Å². The molecule has 0 aliphatic heterocycles. The average molecular weight is 416 g/mol. The maximum atomic E-state index is 13.1. The summed E-state index contributed by atoms with van der Waals surface area (Å²) in [4.78, 5) is 38.3. The summed E-state index contributed by atoms with van der Waals surface area (Å²) in [6.45, 7) is 1.25. The number of hydrogen-bond donors (Lipinski definition) is 0. The summed E-state index contributed by atoms with van der Waals surface area (Å²) >= 11 is 0. The summed E-state index contributed by atoms with van der Waals surface area (Å²) in [6.07, 6.45) is 4.38. The minimum absolute atomic E-state index is 0.0109. The van der Waals surface area contributed by atoms with E-state index in [-0.39, 0.29) is 11.5 Å². The second-order valence-electron chi connectivity index (χ2n) is 8.61. The van der Waals surface area contributed by atoms with Crippen LogP contribution in [0, 0.1) is 11.3 Å². The molecular weight excluding hydrogens is 392 g/mol. The van der Waals surface area contributed by atoms with Crippen molar-refractivity contribution in [1.29, 1.82) is 0 Å². The van der Waals surface area contributed by atoms with E-state index in [9.17, 15) is 14.4 Å². The average Bonchev–Trinajstić information content (AvgIpc) is 3.40. The van der Waals surface area contributed by atoms with Gasteiger partial charge >= 0.3 is 5.69 Å². The maximum Gasteiger partial charge on any atom is 0.338 e. The van der Waals surface area contributed by atoms with Gasteiger partial charge in [-0.15, -0.1) is 0 Å². The Morgan fingerprint density at radius 3 is 2.42 bits per heavy atom. The molecule has 2 aromatic carbocycles. The predicted molar refractivity (Wildman–Crippen MR) is 116 cm³/mol. The van der Waals surface area contributed by atoms with Crippen molar-refractivity contribution in [3.05, 3.63) is 105 Å². The van der Waals surface area contributed by atoms with E-state index in [1.807, 2.05) is 30.3 Å². The summed E-state index contributed by atoms with van der Waals surface area (Å²) in [7, 11) is 0. The van der Waals surface area contributed by atoms with E-state index in [1.165, 1.54) is 6.07 Å². The largest absolute Gasteiger partial charge is 0.376 e. The molecule has 5 rings (SSSR count). The van der Waals surface area contributed by atoms with Gasteiger partial charge in [0.2, 0.25) is 0 Å². The van der Waals surface area contributed by atoms with E-state index in [0.717, 1.165) is 29.4 Å². The first-order chi connectivity index (χ1) is 15.1. The number of rotatable bonds is 6. The van der Waals surface area contributed by atoms with Crippen LogP contribution in [0.4, 0.5) is 0 Å². The molecule has 3 atom stereocenters. The predicted octanol–water partition coefficient (Wildman–Crippen LogP) is 3.26. The maximum absolute atomic E-state index is 13.1. The number of nitrogens with zero attached hydrogens (tertiary/aromatic N) is 2. The quantitative estimate of drug-likeness (QED) is 0.619. The summed E-state index contributed by atoms with van der Waals surface area (Å²) in [5, 5.41) is 0. The van der Waals surface area contributed by atoms with Gasteiger partial charge < -0.3 is 4.74 Å². The third-order valence-corrected chi connectivity index (χ3v) is 6.75. The van der Waals surface area contributed by atoms with Gasteiger partial charge in [0.1, 0.15) is 0 Å². The topological polar surface area (TPSA) is 70.3 Å². The molecule has 3 aromatic rings. The van der Waals surface area contributed by atoms with Crippen LogP contribution in [0.2, 0.25) is 0 Å². The fourth-order valence-corrected chi connectivity index (χ4v) is 5.01. The first kappa shape index (κ1) is 19.7. The standard InChI is InChI=1S/C25H24N2O4/c28-22-12-14-26(24(30)27(22)23(29)19-9-5-2-6-10-19)21-11-13-25(15-20(21)25)17-31-16-18-7-3-1-4-8-18/h1-10,12,14,20-21H,11,13,15-17H2/t20-,21+,25-/m1/s1. The van der Waals surface area contributed by atoms with Gasteiger partial charge in [0, 0.05) is 23.9 Å². The number of carbonyl (C=O) groups excluding carboxylic acids is 1. The highest BCUT2D eigenvalue weighted by atomic mass is 16.5. The zero-order valence-electron chi connectivity index (χ0n) is 17.1. The highest BCUT2D eigenvalue weighted by molar-refractivity contribution is 5.95. The summed E-state index contributed by atoms with van der Waals surface area (Å²) in [5.74, 6) is -0.255. The smallest absolute Gasteiger partial charge is 0.338 e. The van der Waals surface area contributed by atoms with Crippen molar-refractivity contribution in [2.24, 2.45) is 11.3 Å². The molecule has 0 bridgehead atoms. The lowest BCUT2D eigenvalue weighted by atomic mass is 10.1. The lowest BCUT2D eigenvalue weighted by molar-refractivity contribution is 0.0749. The van der Waals surface area contributed by atoms with Crippen LogP contribution < -0.4 is 11.2 Å². The van der Waals surface area contributed by atoms with Gasteiger partial charge in [-0.05, 0) is 48.3 Å². The first-order valence-electron chi connectivity index (χ1n) is 10.6. The molecule has 2 saturated carbocycles. The Morgan fingerprint density at radius 2 is 1.71 bits per heavy atom. The lowest BCUT2D eigenvalue weighted by Crippen LogP contribution is -2.44. The van der Waals surface area contributed by atoms with Crippen molar-refractivity contribution < 1.29 is 9.53 Å². The van der Waals surface area contributed by atoms with Crippen molar-refractivity contribution in [3.63, 3.8) is 0 Å². The minimum atomic E-state index is -0.596. The molecule has 0 saturated heterocycles. The van der Waals surface area contributed by atoms with Gasteiger partial charge in [0.25, 0.3) is 11.5 Å². The zero-order chi connectivity index (χ0) is 21.4. The van der Waals surface area contributed by atoms with Crippen molar-refractivity contribution in [1.82, 2.24) is 9.13 Å². The van der Waals surface area contributed by atoms with Crippen LogP contribution in [-0.2, 0) is 11.3 Å². The van der Waals surface area contributed by atoms with Crippen LogP contribution in [-0.4, -0.2) is 21.6 Å². The molecule has 31 heavy (non-hydrogen) atoms. The van der Waals surface area contributed by atoms with E-state index in [0.29, 0.717) is 24.7 Å². The number of benzene rings is 2. The molecule has 1 heterocycles. The van der Waals surface area contributed by atoms with E-state index >= 15 is 0 Å². The number of hydrogen-bond acceptors (Lipinski definition) is 4. The molecule has 0 amide bonds. The molecule has 2 fully saturated rings. The van der Waals surface area contributed by atoms with Gasteiger partial charge in [-0.25, -0.2) is 4.79 Å². The van der Waals surface area contributed by atoms with Gasteiger partial charge in [0.05, 0.1) is 13.2 Å². The fourth-order valence-electron chi connectivity index (χ4n) is 5.01. The second-order valence-corrected chi connectivity index (χ2v) is 8.61. The molecule has 0 N–H and O–H groups in total. The van der Waals surface area contributed by atoms with Gasteiger partial charge in [-0.2, -0.15) is 4.57 Å². The first-order valence-corrected chi connectivity index (χ1v) is 10.6. The molecule has 158 valence electrons. The summed E-state index contributed by atoms with van der Waals surface area (Å²) in [6, 6.07) is 19.8. The fraction of sp³-hybridized carbons (Fsp3) is 0.320. The SMILES string of the molecule is O=C(c1ccccc1)n1c(=O)ccn([C@H]2CC[C@]3(COCc4ccccc4)C[C@H]23)c1=O. The molecule has 6 nitrogen and oxygen atoms in total. The molecular formula is C25H24N2O4. The highest BCUT2D eigenvalue weighted by Gasteiger charge is 2.62. The third-order valence-electron chi connectivity index (χ3n) is 6.75. The Labute approximate surface area is 179 Å². The van der Waals surface area contributed by atoms with E-state index < -0.39 is 17.2 Å². The van der Waals surface area contributed by atoms with E-state index in [1.54, 1.807) is 41.1 Å². The summed E-state index contributed by atoms with van der Waals surface area (Å²) in [5.41, 5.74) is 0.415. The van der Waals surface area contributed by atoms with E-state index in [2.05, 4.69) is 0 Å². The normalized spacial score (nSPS) is 24.0. The third kappa shape index (κ3) is 3.57. The zero-order valence-corrected chi connectivity index (χ0v) is 17.1. The lowest BCUT2D eigenvalue weighted by Gasteiger charge is -2.16. The number of ether oxygens (including phenoxy) is 1. The second kappa shape index (κ2) is 7.78. The molecule has 2 aliphatic rings. The van der Waals surface area contributed by atoms with Crippen molar-refractivity contribution in [3.8, 4) is 0 Å². The van der Waals surface area contributed by atoms with E-state index in [4.69, 9.17) is 4.74 Å². The Balaban J connectivity index is 1.33. The minimum Gasteiger partial charge on any atom is -0.376 e. The van der Waals surface area contributed by atoms with Gasteiger partial charge in [-0.1, -0.05) is 48.5 Å². The van der Waals surface area contributed by atoms with Crippen LogP contribution >= 0.6 is 0 Å². The highest BCUT2D eigenvalue weighted by Crippen LogP contribution is 2.67. The van der Waals surface area contributed by atoms with Crippen LogP contribution in [0.1, 0.15) is 41.2 Å². The number of fused-ring (bicyclic) bond motifs is 1. The molecule has 1 aromatic heterocycles. The Kier molecular flexibility index (Phi) is 4.94. The molecule has 6 heteroatoms. The Morgan fingerprint density at radius 1 is 1.00 bits per heavy atom. The Bertz CT molecular complexity index is 1220. The molecule has 0 radical (unpaired) electrons. The number of carbonyl (C=O) groups is 1. The van der Waals surface area contributed by atoms with Gasteiger partial charge in [-0.3, -0.25) is 14.2 Å². The van der Waals surface area contributed by atoms with Crippen molar-refractivity contribution in [2.45, 2.75) is 31.9 Å². The van der Waals surface area contributed by atoms with Crippen molar-refractivity contribution in [2.75, 3.05) is 6.61 Å². The van der Waals surface area contributed by atoms with Crippen LogP contribution in [0.5, 0.6) is 0 Å². The van der Waals surface area contributed by atoms with Crippen molar-refractivity contribution >= 4 is 5.91 Å². The molecule has 0 unspecified atom stereocenters. The Hall–Kier alpha value is -3.25. The van der Waals surface area contributed by atoms with Crippen LogP contribution in [0.15, 0.2) is 82.5 Å². The summed E-state index contributed by atoms with van der Waals surface area (Å²) < 4.78 is 8.34. The molecule has 0 spiro atoms. The van der Waals surface area contributed by atoms with Gasteiger partial charge in [0.15, 0.2) is 0 Å². The monoisotopic (exact) mass is 416 g/mol. The number of aromatic nitrogens is 2.